The lowest BCUT2D eigenvalue weighted by Crippen LogP contribution is -2.43. The van der Waals surface area contributed by atoms with E-state index in [0.717, 1.165) is 29.7 Å². The smallest absolute Gasteiger partial charge is 0.254 e. The molecule has 13 heteroatoms. The topological polar surface area (TPSA) is 49.7 Å². The third-order valence-corrected chi connectivity index (χ3v) is 7.63. The van der Waals surface area contributed by atoms with E-state index in [-0.39, 0.29) is 9.77 Å². The predicted molar refractivity (Wildman–Crippen MR) is 117 cm³/mol. The maximum absolute atomic E-state index is 14.5. The lowest BCUT2D eigenvalue weighted by Gasteiger charge is -2.23. The van der Waals surface area contributed by atoms with E-state index in [2.05, 4.69) is 5.10 Å². The molecule has 0 saturated carbocycles. The van der Waals surface area contributed by atoms with E-state index in [1.54, 1.807) is 12.1 Å². The standard InChI is InChI=1S/C22H15F7N2O2S2/c1-35(32,33)14-4-2-3-12(9-14)18-7-8-19(34-18)17-11-20(21(25,26)22(27,28)29)30-31(17)16-6-5-13(23)10-15(16)24/h2-10,17H,11H2,1H3. The Bertz CT molecular complexity index is 1420. The average Bonchev–Trinajstić information content (AvgIpc) is 3.40. The lowest BCUT2D eigenvalue weighted by molar-refractivity contribution is -0.249. The van der Waals surface area contributed by atoms with Crippen LogP contribution in [0.4, 0.5) is 36.4 Å². The van der Waals surface area contributed by atoms with E-state index in [0.29, 0.717) is 21.5 Å². The van der Waals surface area contributed by atoms with Crippen LogP contribution in [0.5, 0.6) is 0 Å². The fourth-order valence-corrected chi connectivity index (χ4v) is 5.30. The van der Waals surface area contributed by atoms with E-state index in [9.17, 15) is 39.2 Å². The molecule has 1 unspecified atom stereocenters. The van der Waals surface area contributed by atoms with Gasteiger partial charge in [0.05, 0.1) is 16.6 Å². The first-order chi connectivity index (χ1) is 16.2. The van der Waals surface area contributed by atoms with Gasteiger partial charge in [0.1, 0.15) is 11.5 Å². The summed E-state index contributed by atoms with van der Waals surface area (Å²) in [5.74, 6) is -7.41. The van der Waals surface area contributed by atoms with Gasteiger partial charge >= 0.3 is 12.1 Å². The van der Waals surface area contributed by atoms with Gasteiger partial charge in [-0.2, -0.15) is 27.1 Å². The van der Waals surface area contributed by atoms with Crippen molar-refractivity contribution in [3.8, 4) is 10.4 Å². The summed E-state index contributed by atoms with van der Waals surface area (Å²) in [5, 5.41) is 4.10. The van der Waals surface area contributed by atoms with E-state index < -0.39 is 57.4 Å². The number of hydrogen-bond donors (Lipinski definition) is 0. The second-order valence-corrected chi connectivity index (χ2v) is 10.9. The summed E-state index contributed by atoms with van der Waals surface area (Å²) in [7, 11) is -3.52. The first-order valence-corrected chi connectivity index (χ1v) is 12.6. The Labute approximate surface area is 199 Å². The van der Waals surface area contributed by atoms with Crippen LogP contribution in [-0.4, -0.2) is 32.5 Å². The summed E-state index contributed by atoms with van der Waals surface area (Å²) >= 11 is 0.998. The van der Waals surface area contributed by atoms with Crippen LogP contribution in [0.25, 0.3) is 10.4 Å². The molecule has 0 radical (unpaired) electrons. The van der Waals surface area contributed by atoms with Crippen molar-refractivity contribution in [3.05, 3.63) is 71.1 Å². The zero-order valence-corrected chi connectivity index (χ0v) is 19.3. The first-order valence-electron chi connectivity index (χ1n) is 9.85. The molecule has 0 aliphatic carbocycles. The van der Waals surface area contributed by atoms with Crippen LogP contribution in [0.1, 0.15) is 17.3 Å². The maximum Gasteiger partial charge on any atom is 0.459 e. The fraction of sp³-hybridized carbons (Fsp3) is 0.227. The van der Waals surface area contributed by atoms with Crippen molar-refractivity contribution in [1.29, 1.82) is 0 Å². The lowest BCUT2D eigenvalue weighted by atomic mass is 10.0. The largest absolute Gasteiger partial charge is 0.459 e. The predicted octanol–water partition coefficient (Wildman–Crippen LogP) is 6.60. The molecule has 0 saturated heterocycles. The van der Waals surface area contributed by atoms with Crippen LogP contribution in [-0.2, 0) is 9.84 Å². The van der Waals surface area contributed by atoms with Gasteiger partial charge in [0.2, 0.25) is 0 Å². The van der Waals surface area contributed by atoms with Gasteiger partial charge in [-0.25, -0.2) is 17.2 Å². The molecule has 1 atom stereocenters. The number of hydrogen-bond acceptors (Lipinski definition) is 5. The van der Waals surface area contributed by atoms with Gasteiger partial charge in [0.15, 0.2) is 15.7 Å². The van der Waals surface area contributed by atoms with Crippen LogP contribution in [0.3, 0.4) is 0 Å². The van der Waals surface area contributed by atoms with E-state index >= 15 is 0 Å². The molecule has 0 N–H and O–H groups in total. The van der Waals surface area contributed by atoms with Crippen molar-refractivity contribution >= 4 is 32.6 Å². The number of halogens is 7. The number of anilines is 1. The summed E-state index contributed by atoms with van der Waals surface area (Å²) in [5.41, 5.74) is -1.51. The molecule has 1 aliphatic heterocycles. The number of benzene rings is 2. The number of thiophene rings is 1. The molecule has 4 nitrogen and oxygen atoms in total. The fourth-order valence-electron chi connectivity index (χ4n) is 3.54. The second kappa shape index (κ2) is 8.63. The Morgan fingerprint density at radius 2 is 1.71 bits per heavy atom. The molecule has 1 aliphatic rings. The molecule has 2 aromatic carbocycles. The Morgan fingerprint density at radius 3 is 2.34 bits per heavy atom. The monoisotopic (exact) mass is 536 g/mol. The van der Waals surface area contributed by atoms with Crippen LogP contribution in [0, 0.1) is 11.6 Å². The summed E-state index contributed by atoms with van der Waals surface area (Å²) in [4.78, 5) is 0.808. The van der Waals surface area contributed by atoms with Gasteiger partial charge in [-0.1, -0.05) is 12.1 Å². The summed E-state index contributed by atoms with van der Waals surface area (Å²) in [6, 6.07) is 9.87. The van der Waals surface area contributed by atoms with Gasteiger partial charge in [0.25, 0.3) is 0 Å². The maximum atomic E-state index is 14.5. The SMILES string of the molecule is CS(=O)(=O)c1cccc(-c2ccc(C3CC(C(F)(F)C(F)(F)F)=NN3c3ccc(F)cc3F)s2)c1. The summed E-state index contributed by atoms with van der Waals surface area (Å²) in [6.45, 7) is 0. The number of nitrogens with zero attached hydrogens (tertiary/aromatic N) is 2. The van der Waals surface area contributed by atoms with Crippen molar-refractivity contribution in [2.45, 2.75) is 29.5 Å². The Morgan fingerprint density at radius 1 is 1.00 bits per heavy atom. The minimum absolute atomic E-state index is 0.0382. The highest BCUT2D eigenvalue weighted by molar-refractivity contribution is 7.90. The van der Waals surface area contributed by atoms with Gasteiger partial charge < -0.3 is 0 Å². The highest BCUT2D eigenvalue weighted by atomic mass is 32.2. The molecule has 3 aromatic rings. The number of hydrazone groups is 1. The van der Waals surface area contributed by atoms with Crippen molar-refractivity contribution in [1.82, 2.24) is 0 Å². The van der Waals surface area contributed by atoms with Crippen LogP contribution >= 0.6 is 11.3 Å². The van der Waals surface area contributed by atoms with E-state index in [4.69, 9.17) is 0 Å². The minimum atomic E-state index is -5.92. The molecule has 0 amide bonds. The Hall–Kier alpha value is -2.93. The molecule has 0 fully saturated rings. The number of rotatable bonds is 5. The van der Waals surface area contributed by atoms with Crippen LogP contribution in [0.2, 0.25) is 0 Å². The quantitative estimate of drug-likeness (QED) is 0.345. The zero-order chi connectivity index (χ0) is 25.8. The Kier molecular flexibility index (Phi) is 6.20. The van der Waals surface area contributed by atoms with Crippen LogP contribution < -0.4 is 5.01 Å². The first kappa shape index (κ1) is 25.2. The highest BCUT2D eigenvalue weighted by Gasteiger charge is 2.63. The molecular formula is C22H15F7N2O2S2. The molecule has 35 heavy (non-hydrogen) atoms. The second-order valence-electron chi connectivity index (χ2n) is 7.78. The van der Waals surface area contributed by atoms with Gasteiger partial charge in [0, 0.05) is 28.5 Å². The van der Waals surface area contributed by atoms with Crippen molar-refractivity contribution in [2.75, 3.05) is 11.3 Å². The third kappa shape index (κ3) is 4.79. The van der Waals surface area contributed by atoms with Crippen molar-refractivity contribution in [2.24, 2.45) is 5.10 Å². The Balaban J connectivity index is 1.77. The number of alkyl halides is 5. The van der Waals surface area contributed by atoms with Crippen molar-refractivity contribution < 1.29 is 39.2 Å². The molecular weight excluding hydrogens is 521 g/mol. The van der Waals surface area contributed by atoms with Gasteiger partial charge in [-0.3, -0.25) is 5.01 Å². The molecule has 186 valence electrons. The van der Waals surface area contributed by atoms with E-state index in [1.807, 2.05) is 0 Å². The van der Waals surface area contributed by atoms with Crippen molar-refractivity contribution in [3.63, 3.8) is 0 Å². The summed E-state index contributed by atoms with van der Waals surface area (Å²) in [6.07, 6.45) is -5.76. The molecule has 0 spiro atoms. The number of sulfone groups is 1. The van der Waals surface area contributed by atoms with E-state index in [1.165, 1.54) is 24.3 Å². The minimum Gasteiger partial charge on any atom is -0.254 e. The molecule has 0 bridgehead atoms. The highest BCUT2D eigenvalue weighted by Crippen LogP contribution is 2.47. The van der Waals surface area contributed by atoms with Crippen LogP contribution in [0.15, 0.2) is 64.6 Å². The van der Waals surface area contributed by atoms with Gasteiger partial charge in [-0.15, -0.1) is 11.3 Å². The van der Waals surface area contributed by atoms with Gasteiger partial charge in [-0.05, 0) is 42.0 Å². The molecule has 2 heterocycles. The average molecular weight is 536 g/mol. The summed E-state index contributed by atoms with van der Waals surface area (Å²) < 4.78 is 119. The third-order valence-electron chi connectivity index (χ3n) is 5.29. The molecule has 4 rings (SSSR count). The normalized spacial score (nSPS) is 17.1. The molecule has 1 aromatic heterocycles. The zero-order valence-electron chi connectivity index (χ0n) is 17.7.